The van der Waals surface area contributed by atoms with Crippen molar-refractivity contribution >= 4 is 29.6 Å². The summed E-state index contributed by atoms with van der Waals surface area (Å²) in [6.45, 7) is 0. The zero-order valence-corrected chi connectivity index (χ0v) is 16.2. The summed E-state index contributed by atoms with van der Waals surface area (Å²) in [5.41, 5.74) is -0.0917. The monoisotopic (exact) mass is 418 g/mol. The fourth-order valence-corrected chi connectivity index (χ4v) is 3.21. The van der Waals surface area contributed by atoms with E-state index in [9.17, 15) is 18.0 Å². The van der Waals surface area contributed by atoms with E-state index in [4.69, 9.17) is 0 Å². The van der Waals surface area contributed by atoms with Crippen molar-refractivity contribution in [3.05, 3.63) is 78.1 Å². The highest BCUT2D eigenvalue weighted by Crippen LogP contribution is 2.32. The molecular weight excluding hydrogens is 401 g/mol. The smallest absolute Gasteiger partial charge is 0.329 e. The zero-order valence-electron chi connectivity index (χ0n) is 15.4. The van der Waals surface area contributed by atoms with E-state index in [1.54, 1.807) is 48.3 Å². The number of carbonyl (C=O) groups excluding carboxylic acids is 1. The quantitative estimate of drug-likeness (QED) is 0.334. The van der Waals surface area contributed by atoms with Gasteiger partial charge in [0, 0.05) is 19.4 Å². The van der Waals surface area contributed by atoms with Crippen LogP contribution in [0.4, 0.5) is 18.9 Å². The lowest BCUT2D eigenvalue weighted by molar-refractivity contribution is -0.137. The van der Waals surface area contributed by atoms with Crippen LogP contribution in [0.1, 0.15) is 11.1 Å². The molecule has 2 aromatic carbocycles. The van der Waals surface area contributed by atoms with Crippen molar-refractivity contribution in [2.24, 2.45) is 12.1 Å². The summed E-state index contributed by atoms with van der Waals surface area (Å²) in [4.78, 5) is 16.9. The molecule has 0 spiro atoms. The number of alkyl halides is 3. The van der Waals surface area contributed by atoms with E-state index in [-0.39, 0.29) is 11.4 Å². The van der Waals surface area contributed by atoms with Crippen molar-refractivity contribution in [2.45, 2.75) is 11.3 Å². The minimum atomic E-state index is -4.52. The van der Waals surface area contributed by atoms with Gasteiger partial charge in [0.25, 0.3) is 5.91 Å². The molecule has 0 N–H and O–H groups in total. The molecule has 0 saturated heterocycles. The maximum absolute atomic E-state index is 13.1. The van der Waals surface area contributed by atoms with Crippen LogP contribution in [-0.2, 0) is 18.0 Å². The second-order valence-electron chi connectivity index (χ2n) is 6.02. The number of amides is 1. The normalized spacial score (nSPS) is 11.7. The minimum Gasteiger partial charge on any atom is -0.329 e. The number of hydrogen-bond donors (Lipinski definition) is 0. The number of nitrogens with zero attached hydrogens (tertiary/aromatic N) is 4. The van der Waals surface area contributed by atoms with Crippen molar-refractivity contribution in [1.82, 2.24) is 9.55 Å². The van der Waals surface area contributed by atoms with Crippen LogP contribution in [0.2, 0.25) is 0 Å². The van der Waals surface area contributed by atoms with Crippen LogP contribution in [0.3, 0.4) is 0 Å². The lowest BCUT2D eigenvalue weighted by Crippen LogP contribution is -2.28. The van der Waals surface area contributed by atoms with Crippen LogP contribution >= 0.6 is 11.8 Å². The highest BCUT2D eigenvalue weighted by molar-refractivity contribution is 7.99. The number of imidazole rings is 1. The SMILES string of the molecule is Cn1ccnc1SCC(=O)N(/N=C/c1ccccc1)c1cccc(C(F)(F)F)c1. The topological polar surface area (TPSA) is 50.5 Å². The van der Waals surface area contributed by atoms with Gasteiger partial charge in [-0.1, -0.05) is 48.2 Å². The van der Waals surface area contributed by atoms with Crippen molar-refractivity contribution in [3.8, 4) is 0 Å². The Bertz CT molecular complexity index is 1000. The van der Waals surface area contributed by atoms with Crippen LogP contribution in [0.25, 0.3) is 0 Å². The minimum absolute atomic E-state index is 0.0345. The van der Waals surface area contributed by atoms with Gasteiger partial charge >= 0.3 is 6.18 Å². The lowest BCUT2D eigenvalue weighted by Gasteiger charge is -2.18. The molecule has 0 aliphatic rings. The van der Waals surface area contributed by atoms with E-state index >= 15 is 0 Å². The predicted octanol–water partition coefficient (Wildman–Crippen LogP) is 4.60. The van der Waals surface area contributed by atoms with E-state index < -0.39 is 17.6 Å². The van der Waals surface area contributed by atoms with Crippen LogP contribution in [-0.4, -0.2) is 27.4 Å². The Balaban J connectivity index is 1.88. The fraction of sp³-hybridized carbons (Fsp3) is 0.150. The number of carbonyl (C=O) groups is 1. The summed E-state index contributed by atoms with van der Waals surface area (Å²) in [6, 6.07) is 13.5. The average molecular weight is 418 g/mol. The van der Waals surface area contributed by atoms with Gasteiger partial charge in [0.2, 0.25) is 0 Å². The maximum Gasteiger partial charge on any atom is 0.416 e. The second kappa shape index (κ2) is 8.95. The molecule has 0 fully saturated rings. The van der Waals surface area contributed by atoms with Gasteiger partial charge in [-0.25, -0.2) is 9.99 Å². The highest BCUT2D eigenvalue weighted by atomic mass is 32.2. The number of benzene rings is 2. The van der Waals surface area contributed by atoms with Crippen LogP contribution in [0.15, 0.2) is 77.2 Å². The van der Waals surface area contributed by atoms with Crippen LogP contribution in [0, 0.1) is 0 Å². The molecule has 5 nitrogen and oxygen atoms in total. The molecule has 0 aliphatic heterocycles. The Kier molecular flexibility index (Phi) is 6.38. The summed E-state index contributed by atoms with van der Waals surface area (Å²) >= 11 is 1.18. The third-order valence-corrected chi connectivity index (χ3v) is 4.92. The summed E-state index contributed by atoms with van der Waals surface area (Å²) in [6.07, 6.45) is 0.259. The Morgan fingerprint density at radius 3 is 2.62 bits per heavy atom. The molecule has 1 aromatic heterocycles. The zero-order chi connectivity index (χ0) is 20.9. The van der Waals surface area contributed by atoms with Gasteiger partial charge in [-0.15, -0.1) is 0 Å². The third-order valence-electron chi connectivity index (χ3n) is 3.88. The molecule has 1 heterocycles. The Morgan fingerprint density at radius 2 is 1.97 bits per heavy atom. The van der Waals surface area contributed by atoms with E-state index in [1.165, 1.54) is 30.1 Å². The first kappa shape index (κ1) is 20.7. The number of hydrogen-bond acceptors (Lipinski definition) is 4. The summed E-state index contributed by atoms with van der Waals surface area (Å²) < 4.78 is 41.1. The molecule has 3 aromatic rings. The van der Waals surface area contributed by atoms with E-state index in [0.717, 1.165) is 17.1 Å². The largest absolute Gasteiger partial charge is 0.416 e. The number of hydrazone groups is 1. The average Bonchev–Trinajstić information content (AvgIpc) is 3.12. The number of thioether (sulfide) groups is 1. The standard InChI is InChI=1S/C20H17F3N4OS/c1-26-11-10-24-19(26)29-14-18(28)27(25-13-15-6-3-2-4-7-15)17-9-5-8-16(12-17)20(21,22)23/h2-13H,14H2,1H3/b25-13+. The molecule has 0 radical (unpaired) electrons. The lowest BCUT2D eigenvalue weighted by atomic mass is 10.2. The molecule has 29 heavy (non-hydrogen) atoms. The molecule has 0 aliphatic carbocycles. The van der Waals surface area contributed by atoms with Gasteiger partial charge in [0.05, 0.1) is 23.2 Å². The molecule has 9 heteroatoms. The number of aryl methyl sites for hydroxylation is 1. The second-order valence-corrected chi connectivity index (χ2v) is 6.96. The Morgan fingerprint density at radius 1 is 1.21 bits per heavy atom. The molecular formula is C20H17F3N4OS. The summed E-state index contributed by atoms with van der Waals surface area (Å²) in [7, 11) is 1.79. The first-order valence-corrected chi connectivity index (χ1v) is 9.52. The molecule has 3 rings (SSSR count). The number of halogens is 3. The molecule has 0 unspecified atom stereocenters. The highest BCUT2D eigenvalue weighted by Gasteiger charge is 2.31. The Hall–Kier alpha value is -3.07. The van der Waals surface area contributed by atoms with Gasteiger partial charge in [0.1, 0.15) is 0 Å². The van der Waals surface area contributed by atoms with Crippen LogP contribution in [0.5, 0.6) is 0 Å². The molecule has 1 amide bonds. The van der Waals surface area contributed by atoms with Gasteiger partial charge in [-0.05, 0) is 23.8 Å². The summed E-state index contributed by atoms with van der Waals surface area (Å²) in [5.74, 6) is -0.503. The summed E-state index contributed by atoms with van der Waals surface area (Å²) in [5, 5.41) is 5.76. The van der Waals surface area contributed by atoms with Gasteiger partial charge in [-0.2, -0.15) is 18.3 Å². The molecule has 0 atom stereocenters. The van der Waals surface area contributed by atoms with Gasteiger partial charge < -0.3 is 4.57 Å². The van der Waals surface area contributed by atoms with E-state index in [0.29, 0.717) is 10.7 Å². The van der Waals surface area contributed by atoms with Crippen molar-refractivity contribution in [3.63, 3.8) is 0 Å². The van der Waals surface area contributed by atoms with Gasteiger partial charge in [-0.3, -0.25) is 4.79 Å². The number of rotatable bonds is 6. The number of aromatic nitrogens is 2. The van der Waals surface area contributed by atoms with Crippen molar-refractivity contribution in [2.75, 3.05) is 10.8 Å². The van der Waals surface area contributed by atoms with Crippen molar-refractivity contribution < 1.29 is 18.0 Å². The third kappa shape index (κ3) is 5.47. The van der Waals surface area contributed by atoms with Gasteiger partial charge in [0.15, 0.2) is 5.16 Å². The van der Waals surface area contributed by atoms with E-state index in [2.05, 4.69) is 10.1 Å². The van der Waals surface area contributed by atoms with Crippen LogP contribution < -0.4 is 5.01 Å². The molecule has 150 valence electrons. The number of anilines is 1. The maximum atomic E-state index is 13.1. The molecule has 0 saturated carbocycles. The fourth-order valence-electron chi connectivity index (χ4n) is 2.43. The predicted molar refractivity (Wildman–Crippen MR) is 107 cm³/mol. The van der Waals surface area contributed by atoms with E-state index in [1.807, 2.05) is 6.07 Å². The molecule has 0 bridgehead atoms. The van der Waals surface area contributed by atoms with Crippen molar-refractivity contribution in [1.29, 1.82) is 0 Å². The first-order valence-electron chi connectivity index (χ1n) is 8.54. The first-order chi connectivity index (χ1) is 13.8. The Labute approximate surface area is 169 Å².